The van der Waals surface area contributed by atoms with Gasteiger partial charge in [-0.2, -0.15) is 0 Å². The Morgan fingerprint density at radius 3 is 2.79 bits per heavy atom. The number of primary amides is 1. The Morgan fingerprint density at radius 1 is 1.58 bits per heavy atom. The van der Waals surface area contributed by atoms with E-state index in [1.54, 1.807) is 0 Å². The number of nitrogens with one attached hydrogen (secondary N) is 1. The molecule has 0 spiro atoms. The lowest BCUT2D eigenvalue weighted by Crippen LogP contribution is -2.59. The van der Waals surface area contributed by atoms with Crippen LogP contribution >= 0.6 is 0 Å². The number of aliphatic carboxylic acids is 1. The minimum Gasteiger partial charge on any atom is -0.480 e. The third-order valence-corrected chi connectivity index (χ3v) is 2.65. The number of morpholine rings is 1. The number of rotatable bonds is 5. The molecular weight excluding hydrogens is 258 g/mol. The molecule has 0 aromatic heterocycles. The number of ether oxygens (including phenoxy) is 2. The van der Waals surface area contributed by atoms with Crippen molar-refractivity contribution < 1.29 is 29.0 Å². The van der Waals surface area contributed by atoms with Gasteiger partial charge in [-0.05, 0) is 0 Å². The first kappa shape index (κ1) is 15.2. The molecule has 2 atom stereocenters. The van der Waals surface area contributed by atoms with Gasteiger partial charge in [-0.1, -0.05) is 0 Å². The molecule has 0 aromatic rings. The first-order chi connectivity index (χ1) is 8.97. The van der Waals surface area contributed by atoms with Crippen LogP contribution in [-0.2, 0) is 19.1 Å². The zero-order chi connectivity index (χ0) is 14.4. The zero-order valence-electron chi connectivity index (χ0n) is 10.5. The lowest BCUT2D eigenvalue weighted by Gasteiger charge is -2.34. The minimum atomic E-state index is -1.22. The van der Waals surface area contributed by atoms with Crippen molar-refractivity contribution in [1.82, 2.24) is 10.2 Å². The van der Waals surface area contributed by atoms with Crippen LogP contribution in [0.15, 0.2) is 0 Å². The Hall–Kier alpha value is -1.87. The molecule has 108 valence electrons. The summed E-state index contributed by atoms with van der Waals surface area (Å²) in [7, 11) is 1.32. The largest absolute Gasteiger partial charge is 0.480 e. The summed E-state index contributed by atoms with van der Waals surface area (Å²) in [6, 6.07) is -2.77. The molecule has 0 saturated carbocycles. The highest BCUT2D eigenvalue weighted by atomic mass is 16.5. The van der Waals surface area contributed by atoms with E-state index in [0.717, 1.165) is 4.90 Å². The third kappa shape index (κ3) is 4.07. The Labute approximate surface area is 109 Å². The summed E-state index contributed by atoms with van der Waals surface area (Å²) in [4.78, 5) is 35.2. The number of urea groups is 1. The molecule has 1 saturated heterocycles. The molecule has 2 unspecified atom stereocenters. The van der Waals surface area contributed by atoms with Crippen LogP contribution in [0.4, 0.5) is 4.79 Å². The Bertz CT molecular complexity index is 361. The molecule has 1 aliphatic heterocycles. The molecule has 3 amide bonds. The van der Waals surface area contributed by atoms with Crippen LogP contribution in [0.1, 0.15) is 0 Å². The van der Waals surface area contributed by atoms with Gasteiger partial charge in [-0.25, -0.2) is 9.59 Å². The number of methoxy groups -OCH3 is 1. The third-order valence-electron chi connectivity index (χ3n) is 2.65. The fraction of sp³-hybridized carbons (Fsp3) is 0.700. The zero-order valence-corrected chi connectivity index (χ0v) is 10.5. The average molecular weight is 275 g/mol. The molecule has 1 rings (SSSR count). The molecular formula is C10H17N3O6. The molecule has 1 aliphatic rings. The van der Waals surface area contributed by atoms with Crippen LogP contribution in [0.3, 0.4) is 0 Å². The van der Waals surface area contributed by atoms with Crippen molar-refractivity contribution in [1.29, 1.82) is 0 Å². The van der Waals surface area contributed by atoms with Gasteiger partial charge in [-0.3, -0.25) is 4.79 Å². The summed E-state index contributed by atoms with van der Waals surface area (Å²) < 4.78 is 9.76. The predicted octanol–water partition coefficient (Wildman–Crippen LogP) is -2.02. The lowest BCUT2D eigenvalue weighted by atomic mass is 10.2. The van der Waals surface area contributed by atoms with E-state index in [9.17, 15) is 14.4 Å². The van der Waals surface area contributed by atoms with Gasteiger partial charge in [0.25, 0.3) is 0 Å². The molecule has 4 N–H and O–H groups in total. The van der Waals surface area contributed by atoms with Gasteiger partial charge in [0, 0.05) is 13.7 Å². The first-order valence-electron chi connectivity index (χ1n) is 5.63. The second-order valence-electron chi connectivity index (χ2n) is 3.98. The SMILES string of the molecule is COCC(NC(=O)N1CCOCC1C(N)=O)C(=O)O. The van der Waals surface area contributed by atoms with Crippen LogP contribution in [0.2, 0.25) is 0 Å². The van der Waals surface area contributed by atoms with Crippen LogP contribution in [0.5, 0.6) is 0 Å². The normalized spacial score (nSPS) is 20.7. The summed E-state index contributed by atoms with van der Waals surface area (Å²) in [5.74, 6) is -1.92. The number of carbonyl (C=O) groups is 3. The number of hydrogen-bond donors (Lipinski definition) is 3. The molecule has 9 nitrogen and oxygen atoms in total. The Balaban J connectivity index is 2.68. The van der Waals surface area contributed by atoms with Gasteiger partial charge in [-0.15, -0.1) is 0 Å². The number of carbonyl (C=O) groups excluding carboxylic acids is 2. The van der Waals surface area contributed by atoms with Crippen molar-refractivity contribution in [3.63, 3.8) is 0 Å². The molecule has 1 fully saturated rings. The van der Waals surface area contributed by atoms with Gasteiger partial charge < -0.3 is 30.5 Å². The summed E-state index contributed by atoms with van der Waals surface area (Å²) in [5, 5.41) is 11.2. The van der Waals surface area contributed by atoms with E-state index in [-0.39, 0.29) is 26.4 Å². The van der Waals surface area contributed by atoms with Crippen molar-refractivity contribution in [3.8, 4) is 0 Å². The van der Waals surface area contributed by atoms with Gasteiger partial charge in [0.1, 0.15) is 6.04 Å². The molecule has 0 aliphatic carbocycles. The van der Waals surface area contributed by atoms with Gasteiger partial charge >= 0.3 is 12.0 Å². The van der Waals surface area contributed by atoms with E-state index < -0.39 is 30.0 Å². The molecule has 1 heterocycles. The Morgan fingerprint density at radius 2 is 2.26 bits per heavy atom. The van der Waals surface area contributed by atoms with Crippen LogP contribution in [0.25, 0.3) is 0 Å². The minimum absolute atomic E-state index is 0.00473. The van der Waals surface area contributed by atoms with E-state index in [4.69, 9.17) is 20.3 Å². The van der Waals surface area contributed by atoms with Crippen molar-refractivity contribution in [2.75, 3.05) is 33.5 Å². The molecule has 0 radical (unpaired) electrons. The number of amides is 3. The van der Waals surface area contributed by atoms with E-state index in [0.29, 0.717) is 0 Å². The molecule has 0 bridgehead atoms. The topological polar surface area (TPSA) is 131 Å². The average Bonchev–Trinajstić information content (AvgIpc) is 2.37. The number of carboxylic acid groups (broad SMARTS) is 1. The van der Waals surface area contributed by atoms with Crippen molar-refractivity contribution in [2.24, 2.45) is 5.73 Å². The molecule has 19 heavy (non-hydrogen) atoms. The van der Waals surface area contributed by atoms with E-state index in [1.165, 1.54) is 7.11 Å². The van der Waals surface area contributed by atoms with Crippen LogP contribution in [0, 0.1) is 0 Å². The van der Waals surface area contributed by atoms with Gasteiger partial charge in [0.2, 0.25) is 5.91 Å². The number of hydrogen-bond acceptors (Lipinski definition) is 5. The van der Waals surface area contributed by atoms with Gasteiger partial charge in [0.05, 0.1) is 19.8 Å². The fourth-order valence-electron chi connectivity index (χ4n) is 1.66. The fourth-order valence-corrected chi connectivity index (χ4v) is 1.66. The summed E-state index contributed by atoms with van der Waals surface area (Å²) >= 11 is 0. The van der Waals surface area contributed by atoms with E-state index in [2.05, 4.69) is 5.32 Å². The van der Waals surface area contributed by atoms with E-state index >= 15 is 0 Å². The maximum atomic E-state index is 11.9. The van der Waals surface area contributed by atoms with Gasteiger partial charge in [0.15, 0.2) is 6.04 Å². The summed E-state index contributed by atoms with van der Waals surface area (Å²) in [5.41, 5.74) is 5.16. The summed E-state index contributed by atoms with van der Waals surface area (Å²) in [6.07, 6.45) is 0. The quantitative estimate of drug-likeness (QED) is 0.531. The monoisotopic (exact) mass is 275 g/mol. The second-order valence-corrected chi connectivity index (χ2v) is 3.98. The van der Waals surface area contributed by atoms with Crippen molar-refractivity contribution in [3.05, 3.63) is 0 Å². The standard InChI is InChI=1S/C10H17N3O6/c1-18-4-6(9(15)16)12-10(17)13-2-3-19-5-7(13)8(11)14/h6-7H,2-5H2,1H3,(H2,11,14)(H,12,17)(H,15,16). The highest BCUT2D eigenvalue weighted by Gasteiger charge is 2.33. The van der Waals surface area contributed by atoms with Crippen molar-refractivity contribution in [2.45, 2.75) is 12.1 Å². The highest BCUT2D eigenvalue weighted by Crippen LogP contribution is 2.07. The second kappa shape index (κ2) is 6.90. The number of nitrogens with zero attached hydrogens (tertiary/aromatic N) is 1. The lowest BCUT2D eigenvalue weighted by molar-refractivity contribution is -0.140. The molecule has 9 heteroatoms. The predicted molar refractivity (Wildman–Crippen MR) is 62.3 cm³/mol. The number of nitrogens with two attached hydrogens (primary N) is 1. The highest BCUT2D eigenvalue weighted by molar-refractivity contribution is 5.88. The maximum Gasteiger partial charge on any atom is 0.328 e. The maximum absolute atomic E-state index is 11.9. The molecule has 0 aromatic carbocycles. The van der Waals surface area contributed by atoms with Crippen molar-refractivity contribution >= 4 is 17.9 Å². The smallest absolute Gasteiger partial charge is 0.328 e. The van der Waals surface area contributed by atoms with E-state index in [1.807, 2.05) is 0 Å². The first-order valence-corrected chi connectivity index (χ1v) is 5.63. The number of carboxylic acids is 1. The van der Waals surface area contributed by atoms with Crippen LogP contribution < -0.4 is 11.1 Å². The van der Waals surface area contributed by atoms with Crippen LogP contribution in [-0.4, -0.2) is 73.5 Å². The Kier molecular flexibility index (Phi) is 5.52. The summed E-state index contributed by atoms with van der Waals surface area (Å²) in [6.45, 7) is 0.259.